The van der Waals surface area contributed by atoms with E-state index in [4.69, 9.17) is 0 Å². The minimum absolute atomic E-state index is 0.0171. The van der Waals surface area contributed by atoms with Crippen molar-refractivity contribution in [1.82, 2.24) is 24.9 Å². The van der Waals surface area contributed by atoms with Gasteiger partial charge in [0.05, 0.1) is 30.5 Å². The lowest BCUT2D eigenvalue weighted by atomic mass is 10.2. The van der Waals surface area contributed by atoms with Gasteiger partial charge in [-0.25, -0.2) is 0 Å². The fraction of sp³-hybridized carbons (Fsp3) is 0.312. The molecule has 3 aromatic rings. The van der Waals surface area contributed by atoms with Gasteiger partial charge in [-0.2, -0.15) is 10.2 Å². The van der Waals surface area contributed by atoms with Crippen LogP contribution in [0.25, 0.3) is 10.9 Å². The van der Waals surface area contributed by atoms with Gasteiger partial charge in [-0.3, -0.25) is 14.2 Å². The Morgan fingerprint density at radius 1 is 1.18 bits per heavy atom. The standard InChI is InChI=1S/C16H19N5O/c1-2-20-14(7-9-18-20)12-17-16(22)8-10-21-15-6-4-3-5-13(15)11-19-21/h3-7,9,11H,2,8,10,12H2,1H3,(H,17,22). The molecule has 0 saturated carbocycles. The van der Waals surface area contributed by atoms with Crippen molar-refractivity contribution in [1.29, 1.82) is 0 Å². The van der Waals surface area contributed by atoms with E-state index in [1.165, 1.54) is 0 Å². The maximum absolute atomic E-state index is 12.0. The Labute approximate surface area is 128 Å². The Balaban J connectivity index is 1.54. The number of aryl methyl sites for hydroxylation is 2. The number of carbonyl (C=O) groups excluding carboxylic acids is 1. The van der Waals surface area contributed by atoms with E-state index in [0.717, 1.165) is 23.1 Å². The Kier molecular flexibility index (Phi) is 4.18. The minimum Gasteiger partial charge on any atom is -0.350 e. The van der Waals surface area contributed by atoms with Crippen LogP contribution in [0.3, 0.4) is 0 Å². The van der Waals surface area contributed by atoms with Gasteiger partial charge in [-0.15, -0.1) is 0 Å². The number of amides is 1. The second kappa shape index (κ2) is 6.43. The lowest BCUT2D eigenvalue weighted by Gasteiger charge is -2.07. The predicted octanol–water partition coefficient (Wildman–Crippen LogP) is 1.96. The molecule has 0 aliphatic carbocycles. The van der Waals surface area contributed by atoms with Gasteiger partial charge < -0.3 is 5.32 Å². The second-order valence-corrected chi connectivity index (χ2v) is 5.09. The highest BCUT2D eigenvalue weighted by molar-refractivity contribution is 5.79. The van der Waals surface area contributed by atoms with Crippen molar-refractivity contribution >= 4 is 16.8 Å². The van der Waals surface area contributed by atoms with E-state index in [1.54, 1.807) is 6.20 Å². The molecule has 2 heterocycles. The van der Waals surface area contributed by atoms with Gasteiger partial charge in [-0.05, 0) is 19.1 Å². The van der Waals surface area contributed by atoms with E-state index < -0.39 is 0 Å². The van der Waals surface area contributed by atoms with Gasteiger partial charge >= 0.3 is 0 Å². The number of aromatic nitrogens is 4. The lowest BCUT2D eigenvalue weighted by molar-refractivity contribution is -0.121. The molecule has 0 fully saturated rings. The first-order valence-electron chi connectivity index (χ1n) is 7.46. The average molecular weight is 297 g/mol. The molecule has 0 atom stereocenters. The van der Waals surface area contributed by atoms with Gasteiger partial charge in [-0.1, -0.05) is 18.2 Å². The summed E-state index contributed by atoms with van der Waals surface area (Å²) in [5.41, 5.74) is 2.07. The molecule has 3 rings (SSSR count). The SMILES string of the molecule is CCn1nccc1CNC(=O)CCn1ncc2ccccc21. The molecule has 0 aliphatic rings. The van der Waals surface area contributed by atoms with Crippen molar-refractivity contribution in [2.45, 2.75) is 33.0 Å². The molecule has 22 heavy (non-hydrogen) atoms. The van der Waals surface area contributed by atoms with Crippen LogP contribution in [0.5, 0.6) is 0 Å². The summed E-state index contributed by atoms with van der Waals surface area (Å²) >= 11 is 0. The third-order valence-corrected chi connectivity index (χ3v) is 3.67. The monoisotopic (exact) mass is 297 g/mol. The number of para-hydroxylation sites is 1. The molecule has 0 unspecified atom stereocenters. The molecule has 114 valence electrons. The number of hydrogen-bond donors (Lipinski definition) is 1. The maximum atomic E-state index is 12.0. The number of hydrogen-bond acceptors (Lipinski definition) is 3. The molecule has 6 heteroatoms. The first kappa shape index (κ1) is 14.3. The number of nitrogens with zero attached hydrogens (tertiary/aromatic N) is 4. The molecule has 0 aliphatic heterocycles. The average Bonchev–Trinajstić information content (AvgIpc) is 3.17. The summed E-state index contributed by atoms with van der Waals surface area (Å²) in [5, 5.41) is 12.5. The van der Waals surface area contributed by atoms with Crippen molar-refractivity contribution in [3.8, 4) is 0 Å². The Morgan fingerprint density at radius 2 is 2.05 bits per heavy atom. The fourth-order valence-electron chi connectivity index (χ4n) is 2.48. The van der Waals surface area contributed by atoms with Crippen LogP contribution in [-0.4, -0.2) is 25.5 Å². The highest BCUT2D eigenvalue weighted by atomic mass is 16.1. The Hall–Kier alpha value is -2.63. The molecule has 1 aromatic carbocycles. The van der Waals surface area contributed by atoms with E-state index in [2.05, 4.69) is 15.5 Å². The van der Waals surface area contributed by atoms with Gasteiger partial charge in [0.25, 0.3) is 0 Å². The maximum Gasteiger partial charge on any atom is 0.222 e. The van der Waals surface area contributed by atoms with E-state index in [9.17, 15) is 4.79 Å². The topological polar surface area (TPSA) is 64.7 Å². The van der Waals surface area contributed by atoms with E-state index in [0.29, 0.717) is 19.5 Å². The van der Waals surface area contributed by atoms with Gasteiger partial charge in [0.15, 0.2) is 0 Å². The molecule has 0 bridgehead atoms. The molecule has 2 aromatic heterocycles. The minimum atomic E-state index is 0.0171. The summed E-state index contributed by atoms with van der Waals surface area (Å²) in [6, 6.07) is 9.92. The van der Waals surface area contributed by atoms with E-state index >= 15 is 0 Å². The van der Waals surface area contributed by atoms with Crippen LogP contribution < -0.4 is 5.32 Å². The number of fused-ring (bicyclic) bond motifs is 1. The van der Waals surface area contributed by atoms with Crippen LogP contribution in [0.2, 0.25) is 0 Å². The number of carbonyl (C=O) groups is 1. The molecule has 0 radical (unpaired) electrons. The lowest BCUT2D eigenvalue weighted by Crippen LogP contribution is -2.25. The molecule has 1 N–H and O–H groups in total. The predicted molar refractivity (Wildman–Crippen MR) is 84.1 cm³/mol. The van der Waals surface area contributed by atoms with Crippen LogP contribution in [0, 0.1) is 0 Å². The Bertz CT molecular complexity index is 774. The fourth-order valence-corrected chi connectivity index (χ4v) is 2.48. The summed E-state index contributed by atoms with van der Waals surface area (Å²) in [5.74, 6) is 0.0171. The smallest absolute Gasteiger partial charge is 0.222 e. The quantitative estimate of drug-likeness (QED) is 0.756. The summed E-state index contributed by atoms with van der Waals surface area (Å²) in [6.07, 6.45) is 3.99. The summed E-state index contributed by atoms with van der Waals surface area (Å²) in [7, 11) is 0. The first-order chi connectivity index (χ1) is 10.8. The highest BCUT2D eigenvalue weighted by Crippen LogP contribution is 2.12. The van der Waals surface area contributed by atoms with Crippen molar-refractivity contribution in [3.63, 3.8) is 0 Å². The number of nitrogens with one attached hydrogen (secondary N) is 1. The molecular weight excluding hydrogens is 278 g/mol. The third kappa shape index (κ3) is 3.00. The number of benzene rings is 1. The van der Waals surface area contributed by atoms with Gasteiger partial charge in [0.2, 0.25) is 5.91 Å². The van der Waals surface area contributed by atoms with Crippen LogP contribution >= 0.6 is 0 Å². The molecule has 1 amide bonds. The zero-order chi connectivity index (χ0) is 15.4. The largest absolute Gasteiger partial charge is 0.350 e. The number of rotatable bonds is 6. The third-order valence-electron chi connectivity index (χ3n) is 3.67. The highest BCUT2D eigenvalue weighted by Gasteiger charge is 2.07. The molecular formula is C16H19N5O. The van der Waals surface area contributed by atoms with Gasteiger partial charge in [0, 0.05) is 24.5 Å². The Morgan fingerprint density at radius 3 is 2.91 bits per heavy atom. The van der Waals surface area contributed by atoms with Crippen molar-refractivity contribution in [2.24, 2.45) is 0 Å². The first-order valence-corrected chi connectivity index (χ1v) is 7.46. The van der Waals surface area contributed by atoms with Crippen LogP contribution in [-0.2, 0) is 24.4 Å². The van der Waals surface area contributed by atoms with E-state index in [1.807, 2.05) is 52.8 Å². The van der Waals surface area contributed by atoms with Crippen LogP contribution in [0.4, 0.5) is 0 Å². The zero-order valence-electron chi connectivity index (χ0n) is 12.6. The molecule has 0 spiro atoms. The zero-order valence-corrected chi connectivity index (χ0v) is 12.6. The van der Waals surface area contributed by atoms with E-state index in [-0.39, 0.29) is 5.91 Å². The summed E-state index contributed by atoms with van der Waals surface area (Å²) in [6.45, 7) is 3.91. The summed E-state index contributed by atoms with van der Waals surface area (Å²) in [4.78, 5) is 12.0. The second-order valence-electron chi connectivity index (χ2n) is 5.09. The molecule has 6 nitrogen and oxygen atoms in total. The summed E-state index contributed by atoms with van der Waals surface area (Å²) < 4.78 is 3.74. The van der Waals surface area contributed by atoms with Crippen molar-refractivity contribution in [2.75, 3.05) is 0 Å². The van der Waals surface area contributed by atoms with Crippen LogP contribution in [0.1, 0.15) is 19.0 Å². The normalized spacial score (nSPS) is 11.0. The van der Waals surface area contributed by atoms with Crippen molar-refractivity contribution < 1.29 is 4.79 Å². The molecule has 0 saturated heterocycles. The van der Waals surface area contributed by atoms with Crippen LogP contribution in [0.15, 0.2) is 42.7 Å². The van der Waals surface area contributed by atoms with Crippen molar-refractivity contribution in [3.05, 3.63) is 48.4 Å². The van der Waals surface area contributed by atoms with Gasteiger partial charge in [0.1, 0.15) is 0 Å².